The lowest BCUT2D eigenvalue weighted by atomic mass is 9.79. The molecule has 1 aliphatic rings. The Morgan fingerprint density at radius 1 is 0.929 bits per heavy atom. The molecule has 0 saturated carbocycles. The Labute approximate surface area is 159 Å². The van der Waals surface area contributed by atoms with Crippen molar-refractivity contribution in [3.05, 3.63) is 46.0 Å². The van der Waals surface area contributed by atoms with Gasteiger partial charge in [-0.2, -0.15) is 0 Å². The minimum Gasteiger partial charge on any atom is -0.508 e. The molecule has 0 saturated heterocycles. The second-order valence-electron chi connectivity index (χ2n) is 6.75. The Hall–Kier alpha value is -3.39. The van der Waals surface area contributed by atoms with Gasteiger partial charge in [0.15, 0.2) is 5.78 Å². The van der Waals surface area contributed by atoms with Crippen molar-refractivity contribution in [3.63, 3.8) is 0 Å². The molecule has 1 aliphatic carbocycles. The average Bonchev–Trinajstić information content (AvgIpc) is 2.60. The quantitative estimate of drug-likeness (QED) is 0.444. The van der Waals surface area contributed by atoms with Crippen molar-refractivity contribution in [2.75, 3.05) is 6.61 Å². The molecule has 146 valence electrons. The van der Waals surface area contributed by atoms with Gasteiger partial charge < -0.3 is 30.3 Å². The zero-order chi connectivity index (χ0) is 20.7. The lowest BCUT2D eigenvalue weighted by Crippen LogP contribution is -2.22. The molecule has 3 rings (SSSR count). The Balaban J connectivity index is 2.21. The molecule has 0 amide bonds. The second kappa shape index (κ2) is 6.97. The van der Waals surface area contributed by atoms with Gasteiger partial charge in [-0.05, 0) is 25.5 Å². The van der Waals surface area contributed by atoms with Crippen molar-refractivity contribution in [3.8, 4) is 23.0 Å². The highest BCUT2D eigenvalue weighted by Gasteiger charge is 2.37. The van der Waals surface area contributed by atoms with E-state index in [4.69, 9.17) is 0 Å². The molecule has 8 nitrogen and oxygen atoms in total. The Morgan fingerprint density at radius 2 is 1.57 bits per heavy atom. The van der Waals surface area contributed by atoms with Gasteiger partial charge in [-0.25, -0.2) is 0 Å². The van der Waals surface area contributed by atoms with Crippen molar-refractivity contribution < 1.29 is 39.9 Å². The lowest BCUT2D eigenvalue weighted by Gasteiger charge is -2.24. The molecule has 2 aromatic carbocycles. The molecule has 0 heterocycles. The van der Waals surface area contributed by atoms with Crippen LogP contribution >= 0.6 is 0 Å². The number of phenols is 4. The summed E-state index contributed by atoms with van der Waals surface area (Å²) in [5.74, 6) is -4.85. The van der Waals surface area contributed by atoms with Crippen LogP contribution in [0.25, 0.3) is 0 Å². The second-order valence-corrected chi connectivity index (χ2v) is 6.75. The van der Waals surface area contributed by atoms with Crippen LogP contribution in [0.15, 0.2) is 18.2 Å². The van der Waals surface area contributed by atoms with Crippen LogP contribution in [0.2, 0.25) is 0 Å². The first-order valence-corrected chi connectivity index (χ1v) is 8.51. The minimum absolute atomic E-state index is 0.0803. The van der Waals surface area contributed by atoms with E-state index in [0.717, 1.165) is 18.2 Å². The summed E-state index contributed by atoms with van der Waals surface area (Å²) in [6.07, 6.45) is 0.195. The summed E-state index contributed by atoms with van der Waals surface area (Å²) >= 11 is 0. The summed E-state index contributed by atoms with van der Waals surface area (Å²) in [6, 6.07) is 2.92. The number of aliphatic hydroxyl groups excluding tert-OH is 1. The Bertz CT molecular complexity index is 1020. The third kappa shape index (κ3) is 2.97. The number of Topliss-reactive ketones (excluding diaryl/α,β-unsaturated/α-hetero) is 1. The van der Waals surface area contributed by atoms with E-state index in [1.165, 1.54) is 6.92 Å². The fourth-order valence-electron chi connectivity index (χ4n) is 3.49. The molecule has 0 fully saturated rings. The first-order valence-electron chi connectivity index (χ1n) is 8.51. The lowest BCUT2D eigenvalue weighted by molar-refractivity contribution is -0.117. The van der Waals surface area contributed by atoms with Crippen LogP contribution in [-0.2, 0) is 4.79 Å². The van der Waals surface area contributed by atoms with Crippen molar-refractivity contribution in [2.24, 2.45) is 0 Å². The number of ketones is 3. The Kier molecular flexibility index (Phi) is 4.82. The van der Waals surface area contributed by atoms with Crippen molar-refractivity contribution in [1.29, 1.82) is 0 Å². The van der Waals surface area contributed by atoms with Crippen LogP contribution < -0.4 is 0 Å². The van der Waals surface area contributed by atoms with Crippen LogP contribution in [0.3, 0.4) is 0 Å². The Morgan fingerprint density at radius 3 is 2.18 bits per heavy atom. The van der Waals surface area contributed by atoms with Crippen LogP contribution in [0.4, 0.5) is 0 Å². The fourth-order valence-corrected chi connectivity index (χ4v) is 3.49. The molecule has 5 N–H and O–H groups in total. The van der Waals surface area contributed by atoms with Crippen molar-refractivity contribution in [2.45, 2.75) is 25.7 Å². The van der Waals surface area contributed by atoms with Gasteiger partial charge in [0.1, 0.15) is 28.8 Å². The number of rotatable bonds is 5. The summed E-state index contributed by atoms with van der Waals surface area (Å²) in [7, 11) is 0. The first kappa shape index (κ1) is 19.4. The number of benzene rings is 2. The summed E-state index contributed by atoms with van der Waals surface area (Å²) < 4.78 is 0. The van der Waals surface area contributed by atoms with Gasteiger partial charge in [0.2, 0.25) is 5.78 Å². The standard InChI is InChI=1S/C20H18O8/c1-8(22)2-3-9(7-21)15-14(25)6-12-17(19(15)27)20(28)16-11(18(12)26)4-10(23)5-13(16)24/h4-6,9,21,23-25,27H,2-3,7H2,1H3. The number of hydrogen-bond donors (Lipinski definition) is 5. The number of aliphatic hydroxyl groups is 1. The monoisotopic (exact) mass is 386 g/mol. The third-order valence-electron chi connectivity index (χ3n) is 4.84. The molecule has 28 heavy (non-hydrogen) atoms. The third-order valence-corrected chi connectivity index (χ3v) is 4.84. The van der Waals surface area contributed by atoms with E-state index in [9.17, 15) is 39.9 Å². The highest BCUT2D eigenvalue weighted by atomic mass is 16.3. The van der Waals surface area contributed by atoms with Crippen molar-refractivity contribution >= 4 is 17.3 Å². The van der Waals surface area contributed by atoms with E-state index in [1.54, 1.807) is 0 Å². The molecule has 0 aromatic heterocycles. The van der Waals surface area contributed by atoms with Crippen LogP contribution in [-0.4, -0.2) is 49.5 Å². The molecular formula is C20H18O8. The molecule has 1 atom stereocenters. The van der Waals surface area contributed by atoms with Gasteiger partial charge in [-0.15, -0.1) is 0 Å². The molecule has 0 spiro atoms. The van der Waals surface area contributed by atoms with E-state index >= 15 is 0 Å². The predicted octanol–water partition coefficient (Wildman–Crippen LogP) is 1.73. The number of hydrogen-bond acceptors (Lipinski definition) is 8. The minimum atomic E-state index is -0.857. The zero-order valence-electron chi connectivity index (χ0n) is 14.9. The largest absolute Gasteiger partial charge is 0.508 e. The van der Waals surface area contributed by atoms with E-state index in [2.05, 4.69) is 0 Å². The van der Waals surface area contributed by atoms with E-state index in [0.29, 0.717) is 0 Å². The van der Waals surface area contributed by atoms with Gasteiger partial charge in [0.25, 0.3) is 0 Å². The van der Waals surface area contributed by atoms with Gasteiger partial charge in [-0.1, -0.05) is 0 Å². The number of aromatic hydroxyl groups is 4. The molecular weight excluding hydrogens is 368 g/mol. The smallest absolute Gasteiger partial charge is 0.201 e. The molecule has 8 heteroatoms. The maximum Gasteiger partial charge on any atom is 0.201 e. The summed E-state index contributed by atoms with van der Waals surface area (Å²) in [6.45, 7) is 0.851. The van der Waals surface area contributed by atoms with Crippen LogP contribution in [0, 0.1) is 0 Å². The van der Waals surface area contributed by atoms with Gasteiger partial charge in [0, 0.05) is 35.1 Å². The summed E-state index contributed by atoms with van der Waals surface area (Å²) in [5, 5.41) is 50.3. The highest BCUT2D eigenvalue weighted by molar-refractivity contribution is 6.30. The molecule has 0 aliphatic heterocycles. The average molecular weight is 386 g/mol. The zero-order valence-corrected chi connectivity index (χ0v) is 14.9. The van der Waals surface area contributed by atoms with Crippen molar-refractivity contribution in [1.82, 2.24) is 0 Å². The van der Waals surface area contributed by atoms with E-state index in [1.807, 2.05) is 0 Å². The topological polar surface area (TPSA) is 152 Å². The van der Waals surface area contributed by atoms with E-state index in [-0.39, 0.29) is 40.9 Å². The molecule has 1 unspecified atom stereocenters. The van der Waals surface area contributed by atoms with Gasteiger partial charge in [0.05, 0.1) is 17.7 Å². The number of carbonyl (C=O) groups excluding carboxylic acids is 3. The SMILES string of the molecule is CC(=O)CCC(CO)c1c(O)cc2c(c1O)C(=O)c1c(O)cc(O)cc1C2=O. The molecule has 2 aromatic rings. The molecule has 0 bridgehead atoms. The van der Waals surface area contributed by atoms with Gasteiger partial charge in [-0.3, -0.25) is 9.59 Å². The van der Waals surface area contributed by atoms with Gasteiger partial charge >= 0.3 is 0 Å². The summed E-state index contributed by atoms with van der Waals surface area (Å²) in [5.41, 5.74) is -1.47. The maximum atomic E-state index is 12.9. The summed E-state index contributed by atoms with van der Waals surface area (Å²) in [4.78, 5) is 36.9. The normalized spacial score (nSPS) is 13.8. The number of phenolic OH excluding ortho intramolecular Hbond substituents is 4. The van der Waals surface area contributed by atoms with Crippen LogP contribution in [0.1, 0.15) is 63.1 Å². The van der Waals surface area contributed by atoms with E-state index < -0.39 is 52.7 Å². The first-order chi connectivity index (χ1) is 13.2. The van der Waals surface area contributed by atoms with Crippen LogP contribution in [0.5, 0.6) is 23.0 Å². The number of fused-ring (bicyclic) bond motifs is 2. The maximum absolute atomic E-state index is 12.9. The number of carbonyl (C=O) groups is 3. The predicted molar refractivity (Wildman–Crippen MR) is 96.2 cm³/mol. The molecule has 0 radical (unpaired) electrons. The highest BCUT2D eigenvalue weighted by Crippen LogP contribution is 2.45. The fraction of sp³-hybridized carbons (Fsp3) is 0.250.